The van der Waals surface area contributed by atoms with Crippen molar-refractivity contribution in [3.8, 4) is 0 Å². The van der Waals surface area contributed by atoms with Crippen LogP contribution in [0.15, 0.2) is 18.2 Å². The van der Waals surface area contributed by atoms with Crippen molar-refractivity contribution in [1.29, 1.82) is 0 Å². The van der Waals surface area contributed by atoms with Crippen LogP contribution in [0.1, 0.15) is 31.2 Å². The summed E-state index contributed by atoms with van der Waals surface area (Å²) in [5.41, 5.74) is 1.55. The summed E-state index contributed by atoms with van der Waals surface area (Å²) in [6.45, 7) is 1.92. The van der Waals surface area contributed by atoms with E-state index in [9.17, 15) is 14.7 Å². The number of rotatable bonds is 3. The second-order valence-corrected chi connectivity index (χ2v) is 5.72. The second kappa shape index (κ2) is 6.27. The highest BCUT2D eigenvalue weighted by Crippen LogP contribution is 2.32. The third kappa shape index (κ3) is 3.31. The van der Waals surface area contributed by atoms with E-state index in [1.807, 2.05) is 13.0 Å². The lowest BCUT2D eigenvalue weighted by atomic mass is 9.78. The zero-order valence-electron chi connectivity index (χ0n) is 11.4. The van der Waals surface area contributed by atoms with E-state index in [-0.39, 0.29) is 5.91 Å². The third-order valence-corrected chi connectivity index (χ3v) is 4.12. The van der Waals surface area contributed by atoms with Crippen molar-refractivity contribution in [2.75, 3.05) is 5.32 Å². The minimum atomic E-state index is -0.889. The van der Waals surface area contributed by atoms with Gasteiger partial charge in [-0.05, 0) is 37.5 Å². The molecule has 1 aliphatic rings. The van der Waals surface area contributed by atoms with Crippen LogP contribution in [0, 0.1) is 18.8 Å². The van der Waals surface area contributed by atoms with Gasteiger partial charge >= 0.3 is 5.97 Å². The van der Waals surface area contributed by atoms with Crippen LogP contribution in [0.5, 0.6) is 0 Å². The first kappa shape index (κ1) is 14.9. The maximum atomic E-state index is 12.3. The van der Waals surface area contributed by atoms with Crippen molar-refractivity contribution in [1.82, 2.24) is 0 Å². The average molecular weight is 296 g/mol. The first-order chi connectivity index (χ1) is 9.49. The molecule has 4 nitrogen and oxygen atoms in total. The molecule has 0 aromatic heterocycles. The lowest BCUT2D eigenvalue weighted by Crippen LogP contribution is -2.36. The molecule has 1 aromatic rings. The minimum absolute atomic E-state index is 0.247. The van der Waals surface area contributed by atoms with Gasteiger partial charge in [0.1, 0.15) is 0 Å². The molecule has 1 fully saturated rings. The molecule has 2 N–H and O–H groups in total. The predicted molar refractivity (Wildman–Crippen MR) is 77.9 cm³/mol. The molecule has 2 unspecified atom stereocenters. The lowest BCUT2D eigenvalue weighted by molar-refractivity contribution is -0.147. The number of hydrogen-bond acceptors (Lipinski definition) is 2. The van der Waals surface area contributed by atoms with Gasteiger partial charge in [-0.2, -0.15) is 0 Å². The molecule has 1 saturated carbocycles. The van der Waals surface area contributed by atoms with Gasteiger partial charge in [0.05, 0.1) is 22.5 Å². The highest BCUT2D eigenvalue weighted by molar-refractivity contribution is 6.33. The van der Waals surface area contributed by atoms with E-state index in [0.29, 0.717) is 23.6 Å². The van der Waals surface area contributed by atoms with Gasteiger partial charge in [-0.25, -0.2) is 0 Å². The largest absolute Gasteiger partial charge is 0.481 e. The summed E-state index contributed by atoms with van der Waals surface area (Å²) in [4.78, 5) is 23.5. The van der Waals surface area contributed by atoms with Crippen LogP contribution in [0.3, 0.4) is 0 Å². The van der Waals surface area contributed by atoms with E-state index >= 15 is 0 Å². The summed E-state index contributed by atoms with van der Waals surface area (Å²) in [6.07, 6.45) is 2.94. The van der Waals surface area contributed by atoms with Gasteiger partial charge in [-0.15, -0.1) is 0 Å². The smallest absolute Gasteiger partial charge is 0.307 e. The molecule has 0 saturated heterocycles. The van der Waals surface area contributed by atoms with Gasteiger partial charge in [0.2, 0.25) is 5.91 Å². The summed E-state index contributed by atoms with van der Waals surface area (Å²) in [5.74, 6) is -2.20. The van der Waals surface area contributed by atoms with Crippen molar-refractivity contribution < 1.29 is 14.7 Å². The van der Waals surface area contributed by atoms with Crippen LogP contribution < -0.4 is 5.32 Å². The van der Waals surface area contributed by atoms with Crippen LogP contribution >= 0.6 is 11.6 Å². The molecular weight excluding hydrogens is 278 g/mol. The molecule has 1 aliphatic carbocycles. The van der Waals surface area contributed by atoms with Crippen molar-refractivity contribution in [3.63, 3.8) is 0 Å². The topological polar surface area (TPSA) is 66.4 Å². The standard InChI is InChI=1S/C15H18ClNO3/c1-9-6-7-13(12(16)8-9)17-14(18)10-4-2-3-5-11(10)15(19)20/h6-8,10-11H,2-5H2,1H3,(H,17,18)(H,19,20). The SMILES string of the molecule is Cc1ccc(NC(=O)C2CCCCC2C(=O)O)c(Cl)c1. The summed E-state index contributed by atoms with van der Waals surface area (Å²) in [7, 11) is 0. The van der Waals surface area contributed by atoms with E-state index in [2.05, 4.69) is 5.32 Å². The second-order valence-electron chi connectivity index (χ2n) is 5.31. The van der Waals surface area contributed by atoms with E-state index in [4.69, 9.17) is 11.6 Å². The number of carbonyl (C=O) groups excluding carboxylic acids is 1. The number of anilines is 1. The summed E-state index contributed by atoms with van der Waals surface area (Å²) < 4.78 is 0. The monoisotopic (exact) mass is 295 g/mol. The van der Waals surface area contributed by atoms with Crippen molar-refractivity contribution in [2.45, 2.75) is 32.6 Å². The first-order valence-electron chi connectivity index (χ1n) is 6.79. The zero-order valence-corrected chi connectivity index (χ0v) is 12.1. The maximum Gasteiger partial charge on any atom is 0.307 e. The Morgan fingerprint density at radius 3 is 2.50 bits per heavy atom. The molecule has 5 heteroatoms. The Morgan fingerprint density at radius 1 is 1.25 bits per heavy atom. The zero-order chi connectivity index (χ0) is 14.7. The van der Waals surface area contributed by atoms with Gasteiger partial charge in [-0.1, -0.05) is 30.5 Å². The van der Waals surface area contributed by atoms with Crippen LogP contribution in [0.25, 0.3) is 0 Å². The molecule has 2 rings (SSSR count). The summed E-state index contributed by atoms with van der Waals surface area (Å²) in [6, 6.07) is 5.37. The van der Waals surface area contributed by atoms with E-state index in [1.165, 1.54) is 0 Å². The van der Waals surface area contributed by atoms with Crippen LogP contribution in [-0.4, -0.2) is 17.0 Å². The summed E-state index contributed by atoms with van der Waals surface area (Å²) >= 11 is 6.08. The molecule has 0 aliphatic heterocycles. The van der Waals surface area contributed by atoms with Crippen LogP contribution in [-0.2, 0) is 9.59 Å². The molecule has 0 heterocycles. The quantitative estimate of drug-likeness (QED) is 0.897. The average Bonchev–Trinajstić information content (AvgIpc) is 2.41. The highest BCUT2D eigenvalue weighted by Gasteiger charge is 2.35. The summed E-state index contributed by atoms with van der Waals surface area (Å²) in [5, 5.41) is 12.4. The number of benzene rings is 1. The number of carboxylic acids is 1. The van der Waals surface area contributed by atoms with Gasteiger partial charge in [0, 0.05) is 0 Å². The molecule has 108 valence electrons. The number of amides is 1. The van der Waals surface area contributed by atoms with Crippen molar-refractivity contribution >= 4 is 29.2 Å². The highest BCUT2D eigenvalue weighted by atomic mass is 35.5. The first-order valence-corrected chi connectivity index (χ1v) is 7.16. The minimum Gasteiger partial charge on any atom is -0.481 e. The molecule has 1 amide bonds. The van der Waals surface area contributed by atoms with Crippen molar-refractivity contribution in [3.05, 3.63) is 28.8 Å². The molecule has 0 bridgehead atoms. The van der Waals surface area contributed by atoms with E-state index in [1.54, 1.807) is 12.1 Å². The number of aliphatic carboxylic acids is 1. The number of nitrogens with one attached hydrogen (secondary N) is 1. The number of aryl methyl sites for hydroxylation is 1. The van der Waals surface area contributed by atoms with Crippen LogP contribution in [0.4, 0.5) is 5.69 Å². The molecular formula is C15H18ClNO3. The molecule has 20 heavy (non-hydrogen) atoms. The molecule has 0 radical (unpaired) electrons. The number of carboxylic acid groups (broad SMARTS) is 1. The third-order valence-electron chi connectivity index (χ3n) is 3.80. The number of halogens is 1. The predicted octanol–water partition coefficient (Wildman–Crippen LogP) is 3.48. The fourth-order valence-electron chi connectivity index (χ4n) is 2.69. The molecule has 2 atom stereocenters. The maximum absolute atomic E-state index is 12.3. The van der Waals surface area contributed by atoms with Crippen molar-refractivity contribution in [2.24, 2.45) is 11.8 Å². The molecule has 0 spiro atoms. The van der Waals surface area contributed by atoms with E-state index < -0.39 is 17.8 Å². The number of carbonyl (C=O) groups is 2. The Balaban J connectivity index is 2.12. The number of hydrogen-bond donors (Lipinski definition) is 2. The normalized spacial score (nSPS) is 22.3. The Bertz CT molecular complexity index is 530. The van der Waals surface area contributed by atoms with Gasteiger partial charge in [0.15, 0.2) is 0 Å². The lowest BCUT2D eigenvalue weighted by Gasteiger charge is -2.27. The van der Waals surface area contributed by atoms with Gasteiger partial charge < -0.3 is 10.4 Å². The van der Waals surface area contributed by atoms with Gasteiger partial charge in [-0.3, -0.25) is 9.59 Å². The Kier molecular flexibility index (Phi) is 4.65. The molecule has 1 aromatic carbocycles. The fourth-order valence-corrected chi connectivity index (χ4v) is 2.97. The Hall–Kier alpha value is -1.55. The fraction of sp³-hybridized carbons (Fsp3) is 0.467. The van der Waals surface area contributed by atoms with Gasteiger partial charge in [0.25, 0.3) is 0 Å². The van der Waals surface area contributed by atoms with Crippen LogP contribution in [0.2, 0.25) is 5.02 Å². The Labute approximate surface area is 123 Å². The van der Waals surface area contributed by atoms with E-state index in [0.717, 1.165) is 18.4 Å². The Morgan fingerprint density at radius 2 is 1.90 bits per heavy atom.